The Labute approximate surface area is 186 Å². The van der Waals surface area contributed by atoms with Crippen molar-refractivity contribution in [1.29, 1.82) is 0 Å². The Morgan fingerprint density at radius 1 is 1.00 bits per heavy atom. The van der Waals surface area contributed by atoms with Crippen molar-refractivity contribution < 1.29 is 19.0 Å². The number of Topliss-reactive ketones (excluding diaryl/α,β-unsaturated/α-hetero) is 1. The van der Waals surface area contributed by atoms with Gasteiger partial charge < -0.3 is 18.8 Å². The quantitative estimate of drug-likeness (QED) is 0.339. The molecule has 0 fully saturated rings. The number of rotatable bonds is 10. The minimum absolute atomic E-state index is 0.0233. The maximum absolute atomic E-state index is 12.7. The molecule has 0 saturated heterocycles. The molecule has 0 N–H and O–H groups in total. The second-order valence-corrected chi connectivity index (χ2v) is 7.92. The van der Waals surface area contributed by atoms with Crippen LogP contribution in [0, 0.1) is 13.8 Å². The summed E-state index contributed by atoms with van der Waals surface area (Å²) >= 11 is 1.36. The highest BCUT2D eigenvalue weighted by Crippen LogP contribution is 2.29. The summed E-state index contributed by atoms with van der Waals surface area (Å²) in [6, 6.07) is 11.3. The Balaban J connectivity index is 1.67. The largest absolute Gasteiger partial charge is 0.493 e. The molecule has 0 aliphatic rings. The van der Waals surface area contributed by atoms with Crippen molar-refractivity contribution in [2.45, 2.75) is 39.1 Å². The number of carbonyl (C=O) groups excluding carboxylic acids is 1. The summed E-state index contributed by atoms with van der Waals surface area (Å²) in [5, 5.41) is 9.23. The van der Waals surface area contributed by atoms with Crippen molar-refractivity contribution >= 4 is 17.5 Å². The molecule has 8 heteroatoms. The molecule has 1 heterocycles. The molecule has 0 bridgehead atoms. The predicted molar refractivity (Wildman–Crippen MR) is 121 cm³/mol. The fraction of sp³-hybridized carbons (Fsp3) is 0.348. The summed E-state index contributed by atoms with van der Waals surface area (Å²) in [5.74, 6) is 2.90. The summed E-state index contributed by atoms with van der Waals surface area (Å²) in [5.41, 5.74) is 2.77. The van der Waals surface area contributed by atoms with E-state index in [1.807, 2.05) is 37.5 Å². The summed E-state index contributed by atoms with van der Waals surface area (Å²) in [7, 11) is 3.11. The fourth-order valence-electron chi connectivity index (χ4n) is 3.08. The van der Waals surface area contributed by atoms with Crippen LogP contribution in [-0.4, -0.2) is 40.5 Å². The Hall–Kier alpha value is -3.00. The molecule has 0 aliphatic heterocycles. The number of ether oxygens (including phenoxy) is 3. The molecule has 0 radical (unpaired) electrons. The van der Waals surface area contributed by atoms with E-state index < -0.39 is 0 Å². The molecule has 3 aromatic rings. The van der Waals surface area contributed by atoms with Gasteiger partial charge in [0.15, 0.2) is 28.3 Å². The lowest BCUT2D eigenvalue weighted by Crippen LogP contribution is -2.09. The zero-order chi connectivity index (χ0) is 22.4. The van der Waals surface area contributed by atoms with Gasteiger partial charge in [0.2, 0.25) is 0 Å². The maximum Gasteiger partial charge on any atom is 0.191 e. The van der Waals surface area contributed by atoms with E-state index in [0.717, 1.165) is 22.7 Å². The molecule has 31 heavy (non-hydrogen) atoms. The molecule has 0 unspecified atom stereocenters. The van der Waals surface area contributed by atoms with Crippen LogP contribution in [0.3, 0.4) is 0 Å². The van der Waals surface area contributed by atoms with Gasteiger partial charge in [-0.25, -0.2) is 0 Å². The van der Waals surface area contributed by atoms with Crippen molar-refractivity contribution in [3.63, 3.8) is 0 Å². The van der Waals surface area contributed by atoms with Gasteiger partial charge in [0.25, 0.3) is 0 Å². The van der Waals surface area contributed by atoms with Gasteiger partial charge in [-0.1, -0.05) is 23.9 Å². The van der Waals surface area contributed by atoms with Gasteiger partial charge in [-0.15, -0.1) is 10.2 Å². The van der Waals surface area contributed by atoms with Gasteiger partial charge in [0, 0.05) is 12.1 Å². The summed E-state index contributed by atoms with van der Waals surface area (Å²) < 4.78 is 18.5. The third-order valence-electron chi connectivity index (χ3n) is 4.85. The molecule has 2 aromatic carbocycles. The number of hydrogen-bond acceptors (Lipinski definition) is 7. The molecule has 0 amide bonds. The second-order valence-electron chi connectivity index (χ2n) is 6.98. The monoisotopic (exact) mass is 441 g/mol. The van der Waals surface area contributed by atoms with Crippen LogP contribution in [0.5, 0.6) is 17.2 Å². The molecule has 3 rings (SSSR count). The number of hydrogen-bond donors (Lipinski definition) is 0. The van der Waals surface area contributed by atoms with Gasteiger partial charge in [-0.05, 0) is 56.2 Å². The predicted octanol–water partition coefficient (Wildman–Crippen LogP) is 4.49. The third-order valence-corrected chi connectivity index (χ3v) is 5.81. The number of methoxy groups -OCH3 is 2. The number of benzene rings is 2. The van der Waals surface area contributed by atoms with Gasteiger partial charge in [-0.2, -0.15) is 0 Å². The SMILES string of the molecule is CCn1c(COc2cc(C)ccc2C)nnc1SCC(=O)c1ccc(OC)c(OC)c1. The molecular formula is C23H27N3O4S. The Bertz CT molecular complexity index is 1060. The van der Waals surface area contributed by atoms with Crippen molar-refractivity contribution in [2.24, 2.45) is 0 Å². The van der Waals surface area contributed by atoms with Crippen molar-refractivity contribution in [1.82, 2.24) is 14.8 Å². The van der Waals surface area contributed by atoms with Crippen molar-refractivity contribution in [3.8, 4) is 17.2 Å². The Kier molecular flexibility index (Phi) is 7.57. The normalized spacial score (nSPS) is 10.7. The molecule has 0 aliphatic carbocycles. The van der Waals surface area contributed by atoms with Gasteiger partial charge in [0.1, 0.15) is 12.4 Å². The minimum atomic E-state index is -0.0233. The number of thioether (sulfide) groups is 1. The van der Waals surface area contributed by atoms with E-state index >= 15 is 0 Å². The fourth-order valence-corrected chi connectivity index (χ4v) is 3.99. The molecule has 0 saturated carbocycles. The number of nitrogens with zero attached hydrogens (tertiary/aromatic N) is 3. The maximum atomic E-state index is 12.7. The van der Waals surface area contributed by atoms with Gasteiger partial charge >= 0.3 is 0 Å². The van der Waals surface area contributed by atoms with E-state index in [0.29, 0.717) is 35.4 Å². The molecule has 1 aromatic heterocycles. The minimum Gasteiger partial charge on any atom is -0.493 e. The topological polar surface area (TPSA) is 75.5 Å². The van der Waals surface area contributed by atoms with Crippen LogP contribution < -0.4 is 14.2 Å². The van der Waals surface area contributed by atoms with Crippen LogP contribution in [0.1, 0.15) is 34.2 Å². The highest BCUT2D eigenvalue weighted by molar-refractivity contribution is 7.99. The van der Waals surface area contributed by atoms with Crippen molar-refractivity contribution in [3.05, 3.63) is 58.9 Å². The molecule has 0 spiro atoms. The van der Waals surface area contributed by atoms with Crippen LogP contribution in [0.15, 0.2) is 41.6 Å². The highest BCUT2D eigenvalue weighted by atomic mass is 32.2. The van der Waals surface area contributed by atoms with E-state index in [1.54, 1.807) is 32.4 Å². The summed E-state index contributed by atoms with van der Waals surface area (Å²) in [6.45, 7) is 7.07. The Morgan fingerprint density at radius 2 is 1.77 bits per heavy atom. The lowest BCUT2D eigenvalue weighted by atomic mass is 10.1. The zero-order valence-corrected chi connectivity index (χ0v) is 19.3. The number of carbonyl (C=O) groups is 1. The van der Waals surface area contributed by atoms with Crippen LogP contribution in [0.25, 0.3) is 0 Å². The Morgan fingerprint density at radius 3 is 2.48 bits per heavy atom. The van der Waals surface area contributed by atoms with E-state index in [2.05, 4.69) is 16.3 Å². The number of aromatic nitrogens is 3. The molecule has 7 nitrogen and oxygen atoms in total. The number of ketones is 1. The average molecular weight is 442 g/mol. The van der Waals surface area contributed by atoms with Crippen molar-refractivity contribution in [2.75, 3.05) is 20.0 Å². The molecule has 164 valence electrons. The first kappa shape index (κ1) is 22.7. The molecular weight excluding hydrogens is 414 g/mol. The van der Waals surface area contributed by atoms with E-state index in [-0.39, 0.29) is 11.5 Å². The summed E-state index contributed by atoms with van der Waals surface area (Å²) in [4.78, 5) is 12.7. The lowest BCUT2D eigenvalue weighted by Gasteiger charge is -2.11. The standard InChI is InChI=1S/C23H27N3O4S/c1-6-26-22(13-30-20-11-15(2)7-8-16(20)3)24-25-23(26)31-14-18(27)17-9-10-19(28-4)21(12-17)29-5/h7-12H,6,13-14H2,1-5H3. The highest BCUT2D eigenvalue weighted by Gasteiger charge is 2.16. The van der Waals surface area contributed by atoms with Crippen LogP contribution in [0.4, 0.5) is 0 Å². The average Bonchev–Trinajstić information content (AvgIpc) is 3.19. The first-order valence-corrected chi connectivity index (χ1v) is 11.0. The zero-order valence-electron chi connectivity index (χ0n) is 18.5. The number of aryl methyl sites for hydroxylation is 2. The second kappa shape index (κ2) is 10.3. The molecule has 0 atom stereocenters. The van der Waals surface area contributed by atoms with E-state index in [1.165, 1.54) is 11.8 Å². The summed E-state index contributed by atoms with van der Waals surface area (Å²) in [6.07, 6.45) is 0. The first-order chi connectivity index (χ1) is 15.0. The van der Waals surface area contributed by atoms with Crippen LogP contribution in [-0.2, 0) is 13.2 Å². The lowest BCUT2D eigenvalue weighted by molar-refractivity contribution is 0.102. The smallest absolute Gasteiger partial charge is 0.191 e. The van der Waals surface area contributed by atoms with Crippen LogP contribution in [0.2, 0.25) is 0 Å². The first-order valence-electron chi connectivity index (χ1n) is 9.97. The van der Waals surface area contributed by atoms with E-state index in [4.69, 9.17) is 14.2 Å². The van der Waals surface area contributed by atoms with Gasteiger partial charge in [0.05, 0.1) is 20.0 Å². The van der Waals surface area contributed by atoms with Crippen LogP contribution >= 0.6 is 11.8 Å². The van der Waals surface area contributed by atoms with Gasteiger partial charge in [-0.3, -0.25) is 4.79 Å². The van der Waals surface area contributed by atoms with E-state index in [9.17, 15) is 4.79 Å². The third kappa shape index (κ3) is 5.38.